The summed E-state index contributed by atoms with van der Waals surface area (Å²) in [5.41, 5.74) is 0.681. The number of hydrogen-bond acceptors (Lipinski definition) is 7. The van der Waals surface area contributed by atoms with Crippen molar-refractivity contribution in [2.24, 2.45) is 7.05 Å². The van der Waals surface area contributed by atoms with Crippen molar-refractivity contribution in [1.82, 2.24) is 29.2 Å². The molecule has 1 atom stereocenters. The van der Waals surface area contributed by atoms with Gasteiger partial charge in [0.2, 0.25) is 11.8 Å². The number of rotatable bonds is 5. The predicted molar refractivity (Wildman–Crippen MR) is 172 cm³/mol. The third-order valence-corrected chi connectivity index (χ3v) is 10.5. The fourth-order valence-corrected chi connectivity index (χ4v) is 7.88. The van der Waals surface area contributed by atoms with E-state index in [4.69, 9.17) is 4.74 Å². The van der Waals surface area contributed by atoms with Gasteiger partial charge < -0.3 is 19.4 Å². The first kappa shape index (κ1) is 32.7. The van der Waals surface area contributed by atoms with Crippen LogP contribution in [0.15, 0.2) is 23.0 Å². The van der Waals surface area contributed by atoms with Crippen molar-refractivity contribution in [3.8, 4) is 0 Å². The molecule has 12 heteroatoms. The Kier molecular flexibility index (Phi) is 9.06. The predicted octanol–water partition coefficient (Wildman–Crippen LogP) is 3.70. The summed E-state index contributed by atoms with van der Waals surface area (Å²) in [5.74, 6) is -0.318. The number of benzene rings is 1. The minimum absolute atomic E-state index is 0.224. The molecule has 1 N–H and O–H groups in total. The Hall–Kier alpha value is -3.25. The first-order valence-corrected chi connectivity index (χ1v) is 17.0. The molecule has 4 saturated heterocycles. The molecule has 0 saturated carbocycles. The van der Waals surface area contributed by atoms with Gasteiger partial charge >= 0.3 is 11.8 Å². The van der Waals surface area contributed by atoms with Crippen LogP contribution in [0.3, 0.4) is 0 Å². The van der Waals surface area contributed by atoms with Crippen molar-refractivity contribution in [1.29, 1.82) is 0 Å². The number of carbonyl (C=O) groups excluding carboxylic acids is 3. The number of imidazole rings is 1. The molecule has 0 aliphatic carbocycles. The first-order valence-electron chi connectivity index (χ1n) is 17.0. The third kappa shape index (κ3) is 6.88. The average molecular weight is 641 g/mol. The number of fused-ring (bicyclic) bond motifs is 1. The van der Waals surface area contributed by atoms with E-state index in [1.165, 1.54) is 10.1 Å². The molecule has 0 radical (unpaired) electrons. The summed E-state index contributed by atoms with van der Waals surface area (Å²) in [6, 6.07) is 5.97. The van der Waals surface area contributed by atoms with Crippen molar-refractivity contribution in [3.05, 3.63) is 34.2 Å². The number of carbonyl (C=O) groups is 3. The quantitative estimate of drug-likeness (QED) is 0.497. The summed E-state index contributed by atoms with van der Waals surface area (Å²) in [7, 11) is 1.74. The van der Waals surface area contributed by atoms with E-state index in [0.29, 0.717) is 50.9 Å². The highest BCUT2D eigenvalue weighted by atomic mass is 19.1. The summed E-state index contributed by atoms with van der Waals surface area (Å²) in [4.78, 5) is 56.2. The van der Waals surface area contributed by atoms with E-state index < -0.39 is 23.2 Å². The second-order valence-electron chi connectivity index (χ2n) is 14.9. The van der Waals surface area contributed by atoms with Crippen LogP contribution >= 0.6 is 0 Å². The number of aromatic nitrogens is 2. The second kappa shape index (κ2) is 12.7. The molecule has 11 nitrogen and oxygen atoms in total. The molecule has 1 aromatic heterocycles. The van der Waals surface area contributed by atoms with Gasteiger partial charge in [0.1, 0.15) is 17.3 Å². The number of aryl methyl sites for hydroxylation is 1. The number of hydrogen-bond donors (Lipinski definition) is 1. The van der Waals surface area contributed by atoms with E-state index in [9.17, 15) is 19.2 Å². The van der Waals surface area contributed by atoms with Crippen LogP contribution in [0.5, 0.6) is 0 Å². The van der Waals surface area contributed by atoms with Gasteiger partial charge in [-0.05, 0) is 103 Å². The van der Waals surface area contributed by atoms with Crippen LogP contribution in [0.4, 0.5) is 9.18 Å². The summed E-state index contributed by atoms with van der Waals surface area (Å²) < 4.78 is 24.4. The van der Waals surface area contributed by atoms with E-state index in [-0.39, 0.29) is 24.1 Å². The van der Waals surface area contributed by atoms with Crippen molar-refractivity contribution >= 4 is 28.9 Å². The Morgan fingerprint density at radius 1 is 0.957 bits per heavy atom. The van der Waals surface area contributed by atoms with E-state index in [2.05, 4.69) is 27.2 Å². The fourth-order valence-electron chi connectivity index (χ4n) is 7.88. The van der Waals surface area contributed by atoms with Gasteiger partial charge in [0.05, 0.1) is 11.0 Å². The molecule has 4 fully saturated rings. The zero-order valence-electron chi connectivity index (χ0n) is 27.7. The largest absolute Gasteiger partial charge is 0.444 e. The molecule has 0 bridgehead atoms. The zero-order valence-corrected chi connectivity index (χ0v) is 27.7. The summed E-state index contributed by atoms with van der Waals surface area (Å²) in [6.07, 6.45) is 5.04. The van der Waals surface area contributed by atoms with E-state index in [1.54, 1.807) is 16.5 Å². The Labute approximate surface area is 270 Å². The van der Waals surface area contributed by atoms with Crippen LogP contribution in [-0.2, 0) is 21.4 Å². The van der Waals surface area contributed by atoms with Crippen LogP contribution in [0.1, 0.15) is 89.7 Å². The number of piperidine rings is 4. The standard InChI is InChI=1S/C34H49FN6O5/c1-33(2,3)46-32(45)40-19-13-34(35,14-20-40)22-38-15-11-25(12-16-38)39-17-9-23(10-18-39)24-5-6-26-28(21-24)37(4)31(44)41(26)27-7-8-29(42)36-30(27)43/h5-6,21,23,25,27H,7-20,22H2,1-4H3,(H,36,42,43). The molecule has 252 valence electrons. The number of nitrogens with one attached hydrogen (secondary N) is 1. The maximum atomic E-state index is 15.8. The number of ether oxygens (including phenoxy) is 1. The Morgan fingerprint density at radius 3 is 2.26 bits per heavy atom. The monoisotopic (exact) mass is 640 g/mol. The lowest BCUT2D eigenvalue weighted by atomic mass is 9.87. The highest BCUT2D eigenvalue weighted by molar-refractivity contribution is 6.00. The number of imide groups is 1. The van der Waals surface area contributed by atoms with Gasteiger partial charge in [-0.25, -0.2) is 14.0 Å². The molecule has 4 aliphatic rings. The fraction of sp³-hybridized carbons (Fsp3) is 0.706. The molecule has 1 aromatic carbocycles. The SMILES string of the molecule is Cn1c(=O)n(C2CCC(=O)NC2=O)c2ccc(C3CCN(C4CCN(CC5(F)CCN(C(=O)OC(C)(C)C)CC5)CC4)CC3)cc21. The summed E-state index contributed by atoms with van der Waals surface area (Å²) in [6.45, 7) is 10.6. The number of amides is 3. The van der Waals surface area contributed by atoms with Gasteiger partial charge in [-0.15, -0.1) is 0 Å². The van der Waals surface area contributed by atoms with Crippen molar-refractivity contribution in [3.63, 3.8) is 0 Å². The molecule has 46 heavy (non-hydrogen) atoms. The molecule has 4 aliphatic heterocycles. The lowest BCUT2D eigenvalue weighted by Gasteiger charge is -2.44. The maximum Gasteiger partial charge on any atom is 0.410 e. The summed E-state index contributed by atoms with van der Waals surface area (Å²) in [5, 5.41) is 2.37. The van der Waals surface area contributed by atoms with Gasteiger partial charge in [-0.2, -0.15) is 0 Å². The second-order valence-corrected chi connectivity index (χ2v) is 14.9. The van der Waals surface area contributed by atoms with Crippen molar-refractivity contribution in [2.45, 2.75) is 101 Å². The molecule has 2 aromatic rings. The molecule has 3 amide bonds. The van der Waals surface area contributed by atoms with Crippen LogP contribution < -0.4 is 11.0 Å². The van der Waals surface area contributed by atoms with Gasteiger partial charge in [-0.1, -0.05) is 6.07 Å². The van der Waals surface area contributed by atoms with Crippen molar-refractivity contribution < 1.29 is 23.5 Å². The normalized spacial score (nSPS) is 24.4. The summed E-state index contributed by atoms with van der Waals surface area (Å²) >= 11 is 0. The van der Waals surface area contributed by atoms with Gasteiger partial charge in [0.15, 0.2) is 0 Å². The molecule has 1 unspecified atom stereocenters. The number of nitrogens with zero attached hydrogens (tertiary/aromatic N) is 5. The first-order chi connectivity index (χ1) is 21.8. The van der Waals surface area contributed by atoms with Crippen LogP contribution in [0.2, 0.25) is 0 Å². The highest BCUT2D eigenvalue weighted by Gasteiger charge is 2.40. The third-order valence-electron chi connectivity index (χ3n) is 10.5. The number of halogens is 1. The lowest BCUT2D eigenvalue weighted by molar-refractivity contribution is -0.135. The number of alkyl halides is 1. The Bertz CT molecular complexity index is 1520. The topological polar surface area (TPSA) is 109 Å². The van der Waals surface area contributed by atoms with E-state index in [1.807, 2.05) is 26.8 Å². The molecular formula is C34H49FN6O5. The Morgan fingerprint density at radius 2 is 1.63 bits per heavy atom. The zero-order chi connectivity index (χ0) is 32.8. The molecule has 0 spiro atoms. The smallest absolute Gasteiger partial charge is 0.410 e. The van der Waals surface area contributed by atoms with Crippen LogP contribution in [0, 0.1) is 0 Å². The van der Waals surface area contributed by atoms with E-state index >= 15 is 4.39 Å². The molecular weight excluding hydrogens is 591 g/mol. The van der Waals surface area contributed by atoms with Gasteiger partial charge in [0.25, 0.3) is 0 Å². The van der Waals surface area contributed by atoms with E-state index in [0.717, 1.165) is 62.9 Å². The van der Waals surface area contributed by atoms with Crippen LogP contribution in [-0.4, -0.2) is 105 Å². The molecule has 5 heterocycles. The minimum atomic E-state index is -1.27. The number of likely N-dealkylation sites (tertiary alicyclic amines) is 3. The van der Waals surface area contributed by atoms with Gasteiger partial charge in [-0.3, -0.25) is 24.0 Å². The maximum absolute atomic E-state index is 15.8. The highest BCUT2D eigenvalue weighted by Crippen LogP contribution is 2.34. The van der Waals surface area contributed by atoms with Crippen LogP contribution in [0.25, 0.3) is 11.0 Å². The lowest BCUT2D eigenvalue weighted by Crippen LogP contribution is -2.53. The Balaban J connectivity index is 0.990. The van der Waals surface area contributed by atoms with Crippen molar-refractivity contribution in [2.75, 3.05) is 45.8 Å². The van der Waals surface area contributed by atoms with Gasteiger partial charge in [0, 0.05) is 52.0 Å². The minimum Gasteiger partial charge on any atom is -0.444 e. The average Bonchev–Trinajstić information content (AvgIpc) is 3.25. The molecule has 6 rings (SSSR count).